The van der Waals surface area contributed by atoms with Gasteiger partial charge in [-0.05, 0) is 4.92 Å². The molecule has 54 valence electrons. The number of aromatic nitrogens is 2. The molecule has 0 saturated heterocycles. The minimum absolute atomic E-state index is 0.216. The molecule has 1 heterocycles. The summed E-state index contributed by atoms with van der Waals surface area (Å²) in [6.45, 7) is 0. The number of nitro groups is 1. The molecule has 0 spiro atoms. The lowest BCUT2D eigenvalue weighted by Gasteiger charge is -1.81. The fourth-order valence-electron chi connectivity index (χ4n) is 0.532. The van der Waals surface area contributed by atoms with Gasteiger partial charge in [-0.2, -0.15) is 0 Å². The highest BCUT2D eigenvalue weighted by molar-refractivity contribution is 5.24. The second kappa shape index (κ2) is 1.98. The largest absolute Gasteiger partial charge is 0.492 e. The van der Waals surface area contributed by atoms with Gasteiger partial charge in [-0.25, -0.2) is 0 Å². The lowest BCUT2D eigenvalue weighted by molar-refractivity contribution is -0.389. The molecule has 0 amide bonds. The van der Waals surface area contributed by atoms with Gasteiger partial charge in [-0.3, -0.25) is 0 Å². The number of hydrogen-bond acceptors (Lipinski definition) is 4. The smallest absolute Gasteiger partial charge is 0.393 e. The summed E-state index contributed by atoms with van der Waals surface area (Å²) in [7, 11) is 1.42. The van der Waals surface area contributed by atoms with Gasteiger partial charge < -0.3 is 15.2 Å². The van der Waals surface area contributed by atoms with Crippen molar-refractivity contribution in [2.24, 2.45) is 7.05 Å². The van der Waals surface area contributed by atoms with E-state index >= 15 is 0 Å². The van der Waals surface area contributed by atoms with Crippen molar-refractivity contribution < 1.29 is 10.0 Å². The first-order valence-electron chi connectivity index (χ1n) is 2.48. The molecule has 10 heavy (non-hydrogen) atoms. The molecule has 0 radical (unpaired) electrons. The molecule has 1 rings (SSSR count). The van der Waals surface area contributed by atoms with E-state index in [4.69, 9.17) is 5.11 Å². The van der Waals surface area contributed by atoms with E-state index in [9.17, 15) is 10.1 Å². The van der Waals surface area contributed by atoms with Crippen LogP contribution in [0.2, 0.25) is 0 Å². The van der Waals surface area contributed by atoms with E-state index in [1.54, 1.807) is 0 Å². The van der Waals surface area contributed by atoms with E-state index in [-0.39, 0.29) is 11.7 Å². The fraction of sp³-hybridized carbons (Fsp3) is 0.250. The van der Waals surface area contributed by atoms with Crippen molar-refractivity contribution >= 4 is 5.82 Å². The SMILES string of the molecule is Cn1nc([N+](=O)[O-])cc1O. The van der Waals surface area contributed by atoms with Crippen LogP contribution in [0.5, 0.6) is 5.88 Å². The third kappa shape index (κ3) is 0.903. The molecule has 0 atom stereocenters. The third-order valence-electron chi connectivity index (χ3n) is 1.03. The van der Waals surface area contributed by atoms with Gasteiger partial charge >= 0.3 is 5.82 Å². The first kappa shape index (κ1) is 6.53. The molecule has 1 aromatic rings. The van der Waals surface area contributed by atoms with Crippen molar-refractivity contribution in [2.45, 2.75) is 0 Å². The Morgan fingerprint density at radius 1 is 1.90 bits per heavy atom. The summed E-state index contributed by atoms with van der Waals surface area (Å²) >= 11 is 0. The normalized spacial score (nSPS) is 9.70. The summed E-state index contributed by atoms with van der Waals surface area (Å²) in [5.74, 6) is -0.563. The zero-order valence-corrected chi connectivity index (χ0v) is 5.18. The second-order valence-corrected chi connectivity index (χ2v) is 1.74. The van der Waals surface area contributed by atoms with Crippen molar-refractivity contribution in [1.82, 2.24) is 9.78 Å². The molecule has 0 saturated carbocycles. The maximum Gasteiger partial charge on any atom is 0.393 e. The van der Waals surface area contributed by atoms with E-state index in [0.29, 0.717) is 0 Å². The highest BCUT2D eigenvalue weighted by atomic mass is 16.6. The molecule has 0 bridgehead atoms. The van der Waals surface area contributed by atoms with Crippen molar-refractivity contribution in [2.75, 3.05) is 0 Å². The molecule has 0 unspecified atom stereocenters. The second-order valence-electron chi connectivity index (χ2n) is 1.74. The maximum atomic E-state index is 9.99. The van der Waals surface area contributed by atoms with Crippen LogP contribution in [-0.2, 0) is 7.05 Å². The summed E-state index contributed by atoms with van der Waals surface area (Å²) in [4.78, 5) is 9.32. The Hall–Kier alpha value is -1.59. The minimum Gasteiger partial charge on any atom is -0.492 e. The number of rotatable bonds is 1. The predicted molar refractivity (Wildman–Crippen MR) is 31.5 cm³/mol. The molecule has 0 aromatic carbocycles. The monoisotopic (exact) mass is 143 g/mol. The van der Waals surface area contributed by atoms with E-state index in [0.717, 1.165) is 10.7 Å². The Balaban J connectivity index is 3.10. The number of hydrogen-bond donors (Lipinski definition) is 1. The first-order chi connectivity index (χ1) is 4.61. The molecule has 1 N–H and O–H groups in total. The van der Waals surface area contributed by atoms with Crippen LogP contribution in [0.1, 0.15) is 0 Å². The molecule has 0 aliphatic carbocycles. The Bertz CT molecular complexity index is 247. The topological polar surface area (TPSA) is 81.2 Å². The summed E-state index contributed by atoms with van der Waals surface area (Å²) in [6.07, 6.45) is 0. The quantitative estimate of drug-likeness (QED) is 0.444. The summed E-state index contributed by atoms with van der Waals surface area (Å²) < 4.78 is 1.03. The van der Waals surface area contributed by atoms with Gasteiger partial charge in [-0.15, -0.1) is 4.68 Å². The molecule has 6 heteroatoms. The van der Waals surface area contributed by atoms with Crippen molar-refractivity contribution in [3.8, 4) is 5.88 Å². The molecule has 6 nitrogen and oxygen atoms in total. The van der Waals surface area contributed by atoms with E-state index < -0.39 is 4.92 Å². The Kier molecular flexibility index (Phi) is 1.29. The standard InChI is InChI=1S/C4H5N3O3/c1-6-4(8)2-3(5-6)7(9)10/h2,8H,1H3. The van der Waals surface area contributed by atoms with Crippen LogP contribution in [0, 0.1) is 10.1 Å². The highest BCUT2D eigenvalue weighted by Crippen LogP contribution is 2.14. The lowest BCUT2D eigenvalue weighted by Crippen LogP contribution is -1.92. The zero-order chi connectivity index (χ0) is 7.72. The van der Waals surface area contributed by atoms with Gasteiger partial charge in [0.25, 0.3) is 0 Å². The van der Waals surface area contributed by atoms with Crippen molar-refractivity contribution in [1.29, 1.82) is 0 Å². The van der Waals surface area contributed by atoms with Crippen LogP contribution in [0.25, 0.3) is 0 Å². The Labute approximate surface area is 55.9 Å². The van der Waals surface area contributed by atoms with Gasteiger partial charge in [0, 0.05) is 0 Å². The average molecular weight is 143 g/mol. The summed E-state index contributed by atoms with van der Waals surface area (Å²) in [5.41, 5.74) is 0. The molecule has 0 aliphatic heterocycles. The van der Waals surface area contributed by atoms with Crippen LogP contribution >= 0.6 is 0 Å². The summed E-state index contributed by atoms with van der Waals surface area (Å²) in [6, 6.07) is 0.986. The van der Waals surface area contributed by atoms with E-state index in [1.807, 2.05) is 0 Å². The fourth-order valence-corrected chi connectivity index (χ4v) is 0.532. The highest BCUT2D eigenvalue weighted by Gasteiger charge is 2.13. The molecule has 1 aromatic heterocycles. The number of aryl methyl sites for hydroxylation is 1. The predicted octanol–water partition coefficient (Wildman–Crippen LogP) is 0.0339. The molecular weight excluding hydrogens is 138 g/mol. The van der Waals surface area contributed by atoms with Gasteiger partial charge in [-0.1, -0.05) is 0 Å². The van der Waals surface area contributed by atoms with Gasteiger partial charge in [0.1, 0.15) is 6.07 Å². The van der Waals surface area contributed by atoms with Crippen LogP contribution in [0.15, 0.2) is 6.07 Å². The van der Waals surface area contributed by atoms with E-state index in [2.05, 4.69) is 5.10 Å². The van der Waals surface area contributed by atoms with Crippen LogP contribution < -0.4 is 0 Å². The number of nitrogens with zero attached hydrogens (tertiary/aromatic N) is 3. The van der Waals surface area contributed by atoms with Crippen molar-refractivity contribution in [3.63, 3.8) is 0 Å². The van der Waals surface area contributed by atoms with Gasteiger partial charge in [0.05, 0.1) is 12.1 Å². The molecule has 0 aliphatic rings. The first-order valence-corrected chi connectivity index (χ1v) is 2.48. The Morgan fingerprint density at radius 2 is 2.50 bits per heavy atom. The van der Waals surface area contributed by atoms with Gasteiger partial charge in [0.2, 0.25) is 5.88 Å². The molecule has 0 fully saturated rings. The van der Waals surface area contributed by atoms with Gasteiger partial charge in [0.15, 0.2) is 0 Å². The maximum absolute atomic E-state index is 9.99. The van der Waals surface area contributed by atoms with Crippen LogP contribution in [0.3, 0.4) is 0 Å². The van der Waals surface area contributed by atoms with Crippen molar-refractivity contribution in [3.05, 3.63) is 16.2 Å². The van der Waals surface area contributed by atoms with Crippen LogP contribution in [0.4, 0.5) is 5.82 Å². The van der Waals surface area contributed by atoms with Crippen LogP contribution in [-0.4, -0.2) is 19.8 Å². The third-order valence-corrected chi connectivity index (χ3v) is 1.03. The summed E-state index contributed by atoms with van der Waals surface area (Å²) in [5, 5.41) is 22.1. The number of aromatic hydroxyl groups is 1. The molecular formula is C4H5N3O3. The zero-order valence-electron chi connectivity index (χ0n) is 5.18. The lowest BCUT2D eigenvalue weighted by atomic mass is 10.6. The average Bonchev–Trinajstić information content (AvgIpc) is 2.13. The Morgan fingerprint density at radius 3 is 2.70 bits per heavy atom. The minimum atomic E-state index is -0.667. The van der Waals surface area contributed by atoms with E-state index in [1.165, 1.54) is 7.05 Å².